The summed E-state index contributed by atoms with van der Waals surface area (Å²) in [7, 11) is 0. The van der Waals surface area contributed by atoms with Crippen molar-refractivity contribution < 1.29 is 34.1 Å². The second kappa shape index (κ2) is 10.5. The number of thiazole rings is 1. The molecule has 0 bridgehead atoms. The number of pyridine rings is 1. The summed E-state index contributed by atoms with van der Waals surface area (Å²) in [6.07, 6.45) is 3.36. The molecule has 2 aliphatic heterocycles. The number of primary amides is 1. The van der Waals surface area contributed by atoms with Crippen LogP contribution in [0.15, 0.2) is 50.6 Å². The van der Waals surface area contributed by atoms with Crippen molar-refractivity contribution in [2.45, 2.75) is 23.5 Å². The fourth-order valence-electron chi connectivity index (χ4n) is 3.65. The Morgan fingerprint density at radius 2 is 2.08 bits per heavy atom. The zero-order valence-electron chi connectivity index (χ0n) is 18.3. The molecule has 2 aromatic rings. The normalized spacial score (nSPS) is 19.5. The van der Waals surface area contributed by atoms with E-state index in [-0.39, 0.29) is 28.8 Å². The predicted octanol–water partition coefficient (Wildman–Crippen LogP) is -2.13. The van der Waals surface area contributed by atoms with Gasteiger partial charge in [0.15, 0.2) is 23.2 Å². The highest BCUT2D eigenvalue weighted by Crippen LogP contribution is 2.40. The monoisotopic (exact) mass is 549 g/mol. The van der Waals surface area contributed by atoms with Crippen LogP contribution >= 0.6 is 34.9 Å². The van der Waals surface area contributed by atoms with Gasteiger partial charge in [0.2, 0.25) is 6.54 Å². The molecule has 2 atom stereocenters. The van der Waals surface area contributed by atoms with Gasteiger partial charge in [0, 0.05) is 38.8 Å². The maximum Gasteiger partial charge on any atom is 0.283 e. The third-order valence-corrected chi connectivity index (χ3v) is 8.37. The summed E-state index contributed by atoms with van der Waals surface area (Å²) < 4.78 is 1.61. The largest absolute Gasteiger partial charge is 0.543 e. The van der Waals surface area contributed by atoms with Gasteiger partial charge in [0.1, 0.15) is 11.7 Å². The number of oxime groups is 1. The number of rotatable bonds is 9. The minimum absolute atomic E-state index is 0.0421. The van der Waals surface area contributed by atoms with Gasteiger partial charge in [0.05, 0.1) is 17.7 Å². The Bertz CT molecular complexity index is 1290. The number of thioether (sulfide) groups is 2. The SMILES string of the molecule is NC(=O)C[n+]1ccc(SCC2=C(C(=O)[O-])N3C(=O)C(NC(=O)/C(=N/O)c4csc(N)n4)C3CS2)cc1. The van der Waals surface area contributed by atoms with Gasteiger partial charge in [-0.15, -0.1) is 34.9 Å². The molecule has 1 fully saturated rings. The number of β-lactam (4-membered cyclic amide) rings is 1. The number of fused-ring (bicyclic) bond motifs is 1. The molecule has 13 nitrogen and oxygen atoms in total. The van der Waals surface area contributed by atoms with Crippen LogP contribution in [-0.2, 0) is 25.7 Å². The standard InChI is InChI=1S/C20H19N7O6S3/c21-13(28)5-26-3-1-9(2-4-26)34-8-12-16(19(31)32)27-11(7-35-12)15(18(27)30)24-17(29)14(25-33)10-6-36-20(22)23-10/h1-4,6,11,15H,5,7-8H2,(H6-,21,22,23,24,28,29,31,32,33). The molecule has 2 unspecified atom stereocenters. The maximum atomic E-state index is 12.8. The number of hydrogen-bond acceptors (Lipinski definition) is 12. The third-order valence-electron chi connectivity index (χ3n) is 5.28. The van der Waals surface area contributed by atoms with Crippen molar-refractivity contribution in [3.63, 3.8) is 0 Å². The minimum Gasteiger partial charge on any atom is -0.543 e. The molecule has 0 aliphatic carbocycles. The zero-order valence-corrected chi connectivity index (χ0v) is 20.8. The van der Waals surface area contributed by atoms with E-state index in [0.29, 0.717) is 10.7 Å². The number of aliphatic carboxylic acids is 1. The lowest BCUT2D eigenvalue weighted by Crippen LogP contribution is -2.73. The van der Waals surface area contributed by atoms with E-state index in [9.17, 15) is 29.5 Å². The first-order valence-electron chi connectivity index (χ1n) is 10.2. The van der Waals surface area contributed by atoms with Gasteiger partial charge < -0.3 is 36.8 Å². The number of nitrogen functional groups attached to an aromatic ring is 1. The predicted molar refractivity (Wildman–Crippen MR) is 128 cm³/mol. The van der Waals surface area contributed by atoms with Crippen LogP contribution < -0.4 is 26.5 Å². The number of carbonyl (C=O) groups excluding carboxylic acids is 4. The molecule has 16 heteroatoms. The van der Waals surface area contributed by atoms with Crippen molar-refractivity contribution in [1.82, 2.24) is 15.2 Å². The van der Waals surface area contributed by atoms with Crippen molar-refractivity contribution in [3.05, 3.63) is 46.2 Å². The van der Waals surface area contributed by atoms with Crippen LogP contribution in [0.1, 0.15) is 5.69 Å². The first-order chi connectivity index (χ1) is 17.2. The van der Waals surface area contributed by atoms with E-state index in [0.717, 1.165) is 21.1 Å². The van der Waals surface area contributed by atoms with Crippen molar-refractivity contribution in [1.29, 1.82) is 0 Å². The minimum atomic E-state index is -1.50. The Morgan fingerprint density at radius 3 is 2.67 bits per heavy atom. The molecular weight excluding hydrogens is 530 g/mol. The van der Waals surface area contributed by atoms with Gasteiger partial charge in [-0.1, -0.05) is 5.16 Å². The summed E-state index contributed by atoms with van der Waals surface area (Å²) in [5.41, 5.74) is 10.1. The van der Waals surface area contributed by atoms with Gasteiger partial charge in [-0.2, -0.15) is 4.57 Å². The van der Waals surface area contributed by atoms with Crippen LogP contribution in [0.2, 0.25) is 0 Å². The van der Waals surface area contributed by atoms with Gasteiger partial charge >= 0.3 is 0 Å². The lowest BCUT2D eigenvalue weighted by molar-refractivity contribution is -0.684. The molecule has 4 heterocycles. The lowest BCUT2D eigenvalue weighted by Gasteiger charge is -2.51. The summed E-state index contributed by atoms with van der Waals surface area (Å²) >= 11 is 3.66. The van der Waals surface area contributed by atoms with E-state index in [1.165, 1.54) is 28.9 Å². The average Bonchev–Trinajstić information content (AvgIpc) is 3.27. The highest BCUT2D eigenvalue weighted by molar-refractivity contribution is 8.06. The molecule has 2 aromatic heterocycles. The Morgan fingerprint density at radius 1 is 1.36 bits per heavy atom. The number of nitrogens with zero attached hydrogens (tertiary/aromatic N) is 4. The maximum absolute atomic E-state index is 12.8. The molecule has 0 aromatic carbocycles. The van der Waals surface area contributed by atoms with E-state index >= 15 is 0 Å². The van der Waals surface area contributed by atoms with Crippen molar-refractivity contribution in [2.24, 2.45) is 10.9 Å². The smallest absolute Gasteiger partial charge is 0.283 e. The van der Waals surface area contributed by atoms with Gasteiger partial charge in [-0.25, -0.2) is 4.98 Å². The van der Waals surface area contributed by atoms with Crippen LogP contribution in [0, 0.1) is 0 Å². The van der Waals surface area contributed by atoms with Crippen molar-refractivity contribution >= 4 is 69.4 Å². The van der Waals surface area contributed by atoms with Gasteiger partial charge in [-0.05, 0) is 0 Å². The molecule has 4 rings (SSSR count). The first-order valence-corrected chi connectivity index (χ1v) is 13.1. The number of anilines is 1. The van der Waals surface area contributed by atoms with E-state index in [2.05, 4.69) is 15.5 Å². The average molecular weight is 550 g/mol. The van der Waals surface area contributed by atoms with E-state index in [4.69, 9.17) is 11.5 Å². The summed E-state index contributed by atoms with van der Waals surface area (Å²) in [5, 5.41) is 28.2. The van der Waals surface area contributed by atoms with Gasteiger partial charge in [0.25, 0.3) is 17.7 Å². The number of carboxylic acid groups (broad SMARTS) is 1. The van der Waals surface area contributed by atoms with Crippen molar-refractivity contribution in [3.8, 4) is 0 Å². The number of carbonyl (C=O) groups is 4. The number of nitrogens with one attached hydrogen (secondary N) is 1. The second-order valence-corrected chi connectivity index (χ2v) is 10.6. The molecule has 6 N–H and O–H groups in total. The molecule has 3 amide bonds. The van der Waals surface area contributed by atoms with Crippen LogP contribution in [0.4, 0.5) is 5.13 Å². The second-order valence-electron chi connectivity index (χ2n) is 7.58. The summed E-state index contributed by atoms with van der Waals surface area (Å²) in [6.45, 7) is 0.0421. The number of amides is 3. The number of carboxylic acids is 1. The Labute approximate surface area is 216 Å². The number of aromatic nitrogens is 2. The summed E-state index contributed by atoms with van der Waals surface area (Å²) in [5.74, 6) is -2.82. The van der Waals surface area contributed by atoms with Gasteiger partial charge in [-0.3, -0.25) is 14.4 Å². The number of nitrogens with two attached hydrogens (primary N) is 2. The molecule has 36 heavy (non-hydrogen) atoms. The first kappa shape index (κ1) is 25.5. The molecule has 188 valence electrons. The summed E-state index contributed by atoms with van der Waals surface area (Å²) in [4.78, 5) is 54.7. The molecule has 2 aliphatic rings. The van der Waals surface area contributed by atoms with Crippen LogP contribution in [0.3, 0.4) is 0 Å². The Kier molecular flexibility index (Phi) is 7.46. The lowest BCUT2D eigenvalue weighted by atomic mass is 9.94. The quantitative estimate of drug-likeness (QED) is 0.0667. The van der Waals surface area contributed by atoms with Crippen LogP contribution in [0.25, 0.3) is 0 Å². The topological polar surface area (TPSA) is 208 Å². The third kappa shape index (κ3) is 5.14. The number of hydrogen-bond donors (Lipinski definition) is 4. The zero-order chi connectivity index (χ0) is 26.0. The fraction of sp³-hybridized carbons (Fsp3) is 0.250. The van der Waals surface area contributed by atoms with Crippen LogP contribution in [0.5, 0.6) is 0 Å². The molecular formula is C20H19N7O6S3. The van der Waals surface area contributed by atoms with E-state index in [1.807, 2.05) is 0 Å². The highest BCUT2D eigenvalue weighted by Gasteiger charge is 2.52. The van der Waals surface area contributed by atoms with E-state index in [1.54, 1.807) is 29.1 Å². The highest BCUT2D eigenvalue weighted by atomic mass is 32.2. The Hall–Kier alpha value is -3.63. The van der Waals surface area contributed by atoms with Crippen molar-refractivity contribution in [2.75, 3.05) is 17.2 Å². The summed E-state index contributed by atoms with van der Waals surface area (Å²) in [6, 6.07) is 1.91. The molecule has 0 saturated carbocycles. The van der Waals surface area contributed by atoms with Crippen LogP contribution in [-0.4, -0.2) is 68.1 Å². The molecule has 1 saturated heterocycles. The molecule has 0 spiro atoms. The fourth-order valence-corrected chi connectivity index (χ4v) is 6.49. The molecule has 0 radical (unpaired) electrons. The Balaban J connectivity index is 1.44. The van der Waals surface area contributed by atoms with E-state index < -0.39 is 41.5 Å².